The number of aliphatic hydroxyl groups is 1. The molecule has 1 aliphatic heterocycles. The van der Waals surface area contributed by atoms with Crippen LogP contribution in [0.5, 0.6) is 0 Å². The number of imidazole rings is 1. The van der Waals surface area contributed by atoms with Gasteiger partial charge in [-0.15, -0.1) is 0 Å². The third-order valence-corrected chi connectivity index (χ3v) is 4.72. The maximum Gasteiger partial charge on any atom is 0.241 e. The van der Waals surface area contributed by atoms with Gasteiger partial charge < -0.3 is 14.6 Å². The molecule has 0 aliphatic carbocycles. The van der Waals surface area contributed by atoms with Crippen LogP contribution in [-0.4, -0.2) is 48.8 Å². The summed E-state index contributed by atoms with van der Waals surface area (Å²) in [6, 6.07) is 3.86. The fourth-order valence-electron chi connectivity index (χ4n) is 3.37. The zero-order valence-corrected chi connectivity index (χ0v) is 14.6. The van der Waals surface area contributed by atoms with Gasteiger partial charge in [0.2, 0.25) is 5.95 Å². The number of hydrogen-bond acceptors (Lipinski definition) is 8. The Morgan fingerprint density at radius 2 is 1.92 bits per heavy atom. The van der Waals surface area contributed by atoms with Gasteiger partial charge in [0.25, 0.3) is 0 Å². The molecule has 3 aromatic rings. The van der Waals surface area contributed by atoms with Crippen LogP contribution in [-0.2, 0) is 6.54 Å². The molecule has 1 aliphatic rings. The van der Waals surface area contributed by atoms with Crippen molar-refractivity contribution in [3.63, 3.8) is 0 Å². The summed E-state index contributed by atoms with van der Waals surface area (Å²) in [5, 5.41) is 9.81. The van der Waals surface area contributed by atoms with Crippen molar-refractivity contribution in [2.24, 2.45) is 5.84 Å². The summed E-state index contributed by atoms with van der Waals surface area (Å²) < 4.78 is 2.05. The lowest BCUT2D eigenvalue weighted by molar-refractivity contribution is 0.145. The number of fused-ring (bicyclic) bond motifs is 1. The van der Waals surface area contributed by atoms with E-state index in [4.69, 9.17) is 10.8 Å². The Morgan fingerprint density at radius 3 is 2.58 bits per heavy atom. The quantitative estimate of drug-likeness (QED) is 0.472. The Balaban J connectivity index is 1.90. The van der Waals surface area contributed by atoms with Gasteiger partial charge in [-0.2, -0.15) is 9.97 Å². The molecule has 4 N–H and O–H groups in total. The van der Waals surface area contributed by atoms with Crippen LogP contribution < -0.4 is 16.2 Å². The molecule has 1 fully saturated rings. The van der Waals surface area contributed by atoms with Crippen LogP contribution in [0.3, 0.4) is 0 Å². The average molecular weight is 354 g/mol. The second kappa shape index (κ2) is 6.85. The van der Waals surface area contributed by atoms with Crippen LogP contribution in [0.4, 0.5) is 11.8 Å². The maximum atomic E-state index is 9.81. The van der Waals surface area contributed by atoms with E-state index in [1.807, 2.05) is 12.1 Å². The maximum absolute atomic E-state index is 9.81. The van der Waals surface area contributed by atoms with E-state index in [-0.39, 0.29) is 6.10 Å². The van der Waals surface area contributed by atoms with Crippen molar-refractivity contribution in [3.05, 3.63) is 24.5 Å². The molecule has 4 heterocycles. The summed E-state index contributed by atoms with van der Waals surface area (Å²) in [4.78, 5) is 20.2. The molecule has 0 bridgehead atoms. The summed E-state index contributed by atoms with van der Waals surface area (Å²) >= 11 is 0. The molecular weight excluding hydrogens is 332 g/mol. The van der Waals surface area contributed by atoms with Gasteiger partial charge >= 0.3 is 0 Å². The predicted molar refractivity (Wildman–Crippen MR) is 99.5 cm³/mol. The Labute approximate surface area is 150 Å². The minimum absolute atomic E-state index is 0.253. The van der Waals surface area contributed by atoms with E-state index in [0.717, 1.165) is 41.5 Å². The highest BCUT2D eigenvalue weighted by Gasteiger charge is 2.24. The zero-order valence-electron chi connectivity index (χ0n) is 14.6. The number of nitrogens with two attached hydrogens (primary N) is 1. The van der Waals surface area contributed by atoms with Crippen LogP contribution >= 0.6 is 0 Å². The normalized spacial score (nSPS) is 15.6. The van der Waals surface area contributed by atoms with Crippen molar-refractivity contribution < 1.29 is 5.11 Å². The Hall–Kier alpha value is -2.78. The molecule has 0 spiro atoms. The minimum Gasteiger partial charge on any atom is -0.393 e. The highest BCUT2D eigenvalue weighted by Crippen LogP contribution is 2.31. The smallest absolute Gasteiger partial charge is 0.241 e. The Bertz CT molecular complexity index is 902. The van der Waals surface area contributed by atoms with Crippen molar-refractivity contribution in [1.29, 1.82) is 0 Å². The number of piperidine rings is 1. The number of hydrazine groups is 1. The first-order valence-electron chi connectivity index (χ1n) is 8.79. The first-order valence-corrected chi connectivity index (χ1v) is 8.79. The minimum atomic E-state index is -0.253. The lowest BCUT2D eigenvalue weighted by atomic mass is 10.1. The van der Waals surface area contributed by atoms with Crippen molar-refractivity contribution in [2.45, 2.75) is 32.4 Å². The number of pyridine rings is 1. The zero-order chi connectivity index (χ0) is 18.1. The fourth-order valence-corrected chi connectivity index (χ4v) is 3.37. The van der Waals surface area contributed by atoms with E-state index in [1.54, 1.807) is 12.4 Å². The van der Waals surface area contributed by atoms with E-state index in [1.165, 1.54) is 0 Å². The lowest BCUT2D eigenvalue weighted by Crippen LogP contribution is -2.36. The molecular formula is C17H22N8O. The number of aryl methyl sites for hydroxylation is 1. The number of nitrogens with one attached hydrogen (secondary N) is 1. The molecule has 0 amide bonds. The van der Waals surface area contributed by atoms with Crippen molar-refractivity contribution in [1.82, 2.24) is 24.5 Å². The first-order chi connectivity index (χ1) is 12.7. The van der Waals surface area contributed by atoms with Gasteiger partial charge in [-0.3, -0.25) is 10.4 Å². The Kier molecular flexibility index (Phi) is 4.39. The van der Waals surface area contributed by atoms with Gasteiger partial charge in [0, 0.05) is 37.6 Å². The monoisotopic (exact) mass is 354 g/mol. The van der Waals surface area contributed by atoms with Gasteiger partial charge in [0.1, 0.15) is 5.82 Å². The SMILES string of the molecule is CCn1c(-c2ccncc2)nc2c(N3CCC(O)CC3)nc(NN)nc21. The van der Waals surface area contributed by atoms with Crippen molar-refractivity contribution in [3.8, 4) is 11.4 Å². The van der Waals surface area contributed by atoms with Crippen LogP contribution in [0, 0.1) is 0 Å². The van der Waals surface area contributed by atoms with Gasteiger partial charge in [-0.05, 0) is 31.9 Å². The molecule has 0 radical (unpaired) electrons. The van der Waals surface area contributed by atoms with E-state index >= 15 is 0 Å². The molecule has 0 unspecified atom stereocenters. The Morgan fingerprint density at radius 1 is 1.19 bits per heavy atom. The average Bonchev–Trinajstić information content (AvgIpc) is 3.07. The van der Waals surface area contributed by atoms with Gasteiger partial charge in [-0.25, -0.2) is 10.8 Å². The van der Waals surface area contributed by atoms with Crippen molar-refractivity contribution in [2.75, 3.05) is 23.4 Å². The number of nitrogens with zero attached hydrogens (tertiary/aromatic N) is 6. The van der Waals surface area contributed by atoms with Crippen LogP contribution in [0.2, 0.25) is 0 Å². The summed E-state index contributed by atoms with van der Waals surface area (Å²) in [5.41, 5.74) is 5.02. The highest BCUT2D eigenvalue weighted by atomic mass is 16.3. The fraction of sp³-hybridized carbons (Fsp3) is 0.412. The van der Waals surface area contributed by atoms with Gasteiger partial charge in [-0.1, -0.05) is 0 Å². The molecule has 1 saturated heterocycles. The van der Waals surface area contributed by atoms with Crippen LogP contribution in [0.1, 0.15) is 19.8 Å². The summed E-state index contributed by atoms with van der Waals surface area (Å²) in [6.07, 6.45) is 4.67. The highest BCUT2D eigenvalue weighted by molar-refractivity contribution is 5.88. The van der Waals surface area contributed by atoms with E-state index in [2.05, 4.69) is 36.8 Å². The number of aromatic nitrogens is 5. The van der Waals surface area contributed by atoms with E-state index < -0.39 is 0 Å². The molecule has 0 atom stereocenters. The number of anilines is 2. The molecule has 3 aromatic heterocycles. The number of hydrogen-bond donors (Lipinski definition) is 3. The standard InChI is InChI=1S/C17H22N8O/c1-2-25-14(11-3-7-19-8-4-11)20-13-15(21-17(23-18)22-16(13)25)24-9-5-12(26)6-10-24/h3-4,7-8,12,26H,2,5-6,9-10,18H2,1H3,(H,21,22,23). The first kappa shape index (κ1) is 16.7. The van der Waals surface area contributed by atoms with Gasteiger partial charge in [0.15, 0.2) is 17.0 Å². The predicted octanol–water partition coefficient (Wildman–Crippen LogP) is 1.15. The van der Waals surface area contributed by atoms with Crippen LogP contribution in [0.25, 0.3) is 22.6 Å². The molecule has 136 valence electrons. The lowest BCUT2D eigenvalue weighted by Gasteiger charge is -2.30. The van der Waals surface area contributed by atoms with E-state index in [9.17, 15) is 5.11 Å². The second-order valence-corrected chi connectivity index (χ2v) is 6.32. The number of aliphatic hydroxyl groups excluding tert-OH is 1. The van der Waals surface area contributed by atoms with Gasteiger partial charge in [0.05, 0.1) is 6.10 Å². The molecule has 0 saturated carbocycles. The topological polar surface area (TPSA) is 118 Å². The molecule has 9 heteroatoms. The molecule has 9 nitrogen and oxygen atoms in total. The molecule has 0 aromatic carbocycles. The van der Waals surface area contributed by atoms with Crippen molar-refractivity contribution >= 4 is 22.9 Å². The molecule has 4 rings (SSSR count). The van der Waals surface area contributed by atoms with Crippen LogP contribution in [0.15, 0.2) is 24.5 Å². The van der Waals surface area contributed by atoms with E-state index in [0.29, 0.717) is 25.3 Å². The summed E-state index contributed by atoms with van der Waals surface area (Å²) in [7, 11) is 0. The summed E-state index contributed by atoms with van der Waals surface area (Å²) in [6.45, 7) is 4.22. The second-order valence-electron chi connectivity index (χ2n) is 6.32. The summed E-state index contributed by atoms with van der Waals surface area (Å²) in [5.74, 6) is 7.53. The third kappa shape index (κ3) is 2.85. The largest absolute Gasteiger partial charge is 0.393 e. The third-order valence-electron chi connectivity index (χ3n) is 4.72. The molecule has 26 heavy (non-hydrogen) atoms. The number of nitrogen functional groups attached to an aromatic ring is 1. The number of rotatable bonds is 4.